The van der Waals surface area contributed by atoms with Crippen molar-refractivity contribution in [2.45, 2.75) is 31.7 Å². The summed E-state index contributed by atoms with van der Waals surface area (Å²) in [7, 11) is -1.09. The summed E-state index contributed by atoms with van der Waals surface area (Å²) in [6.45, 7) is 3.39. The van der Waals surface area contributed by atoms with Crippen LogP contribution in [0.4, 0.5) is 0 Å². The quantitative estimate of drug-likeness (QED) is 0.744. The first kappa shape index (κ1) is 19.5. The Kier molecular flexibility index (Phi) is 5.48. The van der Waals surface area contributed by atoms with Crippen LogP contribution in [0.3, 0.4) is 0 Å². The lowest BCUT2D eigenvalue weighted by Crippen LogP contribution is -2.45. The molecule has 0 saturated carbocycles. The summed E-state index contributed by atoms with van der Waals surface area (Å²) in [5.74, 6) is 1.40. The Hall–Kier alpha value is -1.84. The number of hydrogen-bond acceptors (Lipinski definition) is 6. The van der Waals surface area contributed by atoms with Crippen molar-refractivity contribution in [3.05, 3.63) is 30.5 Å². The second kappa shape index (κ2) is 7.88. The molecule has 0 aliphatic carbocycles. The van der Waals surface area contributed by atoms with E-state index in [-0.39, 0.29) is 0 Å². The van der Waals surface area contributed by atoms with E-state index in [1.807, 2.05) is 17.8 Å². The van der Waals surface area contributed by atoms with Gasteiger partial charge in [0.25, 0.3) is 0 Å². The number of likely N-dealkylation sites (tertiary alicyclic amines) is 1. The first-order valence-corrected chi connectivity index (χ1v) is 11.7. The number of sulfonamides is 1. The molecule has 2 aliphatic heterocycles. The minimum atomic E-state index is -3.06. The highest BCUT2D eigenvalue weighted by Crippen LogP contribution is 2.28. The predicted molar refractivity (Wildman–Crippen MR) is 107 cm³/mol. The first-order valence-electron chi connectivity index (χ1n) is 9.88. The van der Waals surface area contributed by atoms with Crippen LogP contribution in [0.1, 0.15) is 25.0 Å². The summed E-state index contributed by atoms with van der Waals surface area (Å²) < 4.78 is 27.0. The summed E-state index contributed by atoms with van der Waals surface area (Å²) in [4.78, 5) is 16.1. The molecule has 152 valence electrons. The molecule has 28 heavy (non-hydrogen) atoms. The van der Waals surface area contributed by atoms with Crippen LogP contribution in [0.5, 0.6) is 0 Å². The van der Waals surface area contributed by atoms with Gasteiger partial charge in [-0.1, -0.05) is 0 Å². The van der Waals surface area contributed by atoms with Gasteiger partial charge in [-0.05, 0) is 38.1 Å². The molecule has 0 N–H and O–H groups in total. The third-order valence-electron chi connectivity index (χ3n) is 6.02. The van der Waals surface area contributed by atoms with Gasteiger partial charge in [0, 0.05) is 57.5 Å². The fraction of sp³-hybridized carbons (Fsp3) is 0.632. The third-order valence-corrected chi connectivity index (χ3v) is 7.32. The molecule has 4 heterocycles. The highest BCUT2D eigenvalue weighted by Gasteiger charge is 2.33. The van der Waals surface area contributed by atoms with Gasteiger partial charge in [0.05, 0.1) is 11.9 Å². The Morgan fingerprint density at radius 3 is 2.46 bits per heavy atom. The molecule has 0 bridgehead atoms. The van der Waals surface area contributed by atoms with Gasteiger partial charge in [0.2, 0.25) is 10.0 Å². The van der Waals surface area contributed by atoms with Crippen LogP contribution in [0.15, 0.2) is 24.8 Å². The van der Waals surface area contributed by atoms with E-state index >= 15 is 0 Å². The monoisotopic (exact) mass is 404 g/mol. The summed E-state index contributed by atoms with van der Waals surface area (Å²) in [5, 5.41) is 0. The van der Waals surface area contributed by atoms with Crippen molar-refractivity contribution in [3.8, 4) is 11.5 Å². The molecule has 2 saturated heterocycles. The zero-order chi connectivity index (χ0) is 19.7. The van der Waals surface area contributed by atoms with Crippen molar-refractivity contribution in [3.63, 3.8) is 0 Å². The lowest BCUT2D eigenvalue weighted by atomic mass is 10.0. The summed E-state index contributed by atoms with van der Waals surface area (Å²) in [6.07, 6.45) is 12.4. The average molecular weight is 405 g/mol. The normalized spacial score (nSPS) is 22.7. The number of aryl methyl sites for hydroxylation is 1. The first-order chi connectivity index (χ1) is 13.4. The van der Waals surface area contributed by atoms with Crippen LogP contribution in [0.2, 0.25) is 0 Å². The van der Waals surface area contributed by atoms with E-state index < -0.39 is 10.0 Å². The highest BCUT2D eigenvalue weighted by molar-refractivity contribution is 7.88. The maximum Gasteiger partial charge on any atom is 0.211 e. The van der Waals surface area contributed by atoms with Crippen LogP contribution in [0, 0.1) is 5.92 Å². The van der Waals surface area contributed by atoms with Crippen LogP contribution >= 0.6 is 0 Å². The number of hydrogen-bond donors (Lipinski definition) is 0. The second-order valence-electron chi connectivity index (χ2n) is 7.96. The molecule has 1 atom stereocenters. The Morgan fingerprint density at radius 2 is 1.79 bits per heavy atom. The third kappa shape index (κ3) is 4.11. The second-order valence-corrected chi connectivity index (χ2v) is 9.94. The van der Waals surface area contributed by atoms with Gasteiger partial charge in [-0.15, -0.1) is 0 Å². The van der Waals surface area contributed by atoms with Gasteiger partial charge in [-0.3, -0.25) is 9.88 Å². The molecule has 9 heteroatoms. The van der Waals surface area contributed by atoms with Gasteiger partial charge in [0.1, 0.15) is 5.69 Å². The number of piperidine rings is 1. The van der Waals surface area contributed by atoms with E-state index in [0.717, 1.165) is 56.0 Å². The van der Waals surface area contributed by atoms with E-state index in [1.165, 1.54) is 6.26 Å². The molecular weight excluding hydrogens is 376 g/mol. The van der Waals surface area contributed by atoms with E-state index in [1.54, 1.807) is 22.9 Å². The molecule has 0 amide bonds. The van der Waals surface area contributed by atoms with Crippen molar-refractivity contribution >= 4 is 10.0 Å². The molecule has 0 spiro atoms. The van der Waals surface area contributed by atoms with E-state index in [9.17, 15) is 8.42 Å². The largest absolute Gasteiger partial charge is 0.333 e. The van der Waals surface area contributed by atoms with Crippen LogP contribution in [-0.2, 0) is 23.5 Å². The Labute approximate surface area is 166 Å². The van der Waals surface area contributed by atoms with E-state index in [4.69, 9.17) is 0 Å². The lowest BCUT2D eigenvalue weighted by Gasteiger charge is -2.35. The zero-order valence-corrected chi connectivity index (χ0v) is 17.3. The average Bonchev–Trinajstić information content (AvgIpc) is 3.31. The zero-order valence-electron chi connectivity index (χ0n) is 16.5. The number of imidazole rings is 1. The number of aromatic nitrogens is 4. The topological polar surface area (TPSA) is 84.2 Å². The van der Waals surface area contributed by atoms with Crippen LogP contribution < -0.4 is 0 Å². The molecule has 4 rings (SSSR count). The van der Waals surface area contributed by atoms with E-state index in [2.05, 4.69) is 19.9 Å². The maximum absolute atomic E-state index is 11.7. The molecule has 2 aliphatic rings. The molecule has 2 fully saturated rings. The van der Waals surface area contributed by atoms with Crippen molar-refractivity contribution in [1.29, 1.82) is 0 Å². The van der Waals surface area contributed by atoms with Crippen molar-refractivity contribution in [1.82, 2.24) is 28.7 Å². The molecule has 0 aromatic carbocycles. The summed E-state index contributed by atoms with van der Waals surface area (Å²) in [5.41, 5.74) is 1.88. The molecular formula is C19H28N6O2S. The van der Waals surface area contributed by atoms with Crippen molar-refractivity contribution in [2.75, 3.05) is 32.4 Å². The van der Waals surface area contributed by atoms with Crippen LogP contribution in [-0.4, -0.2) is 75.6 Å². The Bertz CT molecular complexity index is 920. The van der Waals surface area contributed by atoms with Gasteiger partial charge in [-0.2, -0.15) is 0 Å². The fourth-order valence-electron chi connectivity index (χ4n) is 4.47. The van der Waals surface area contributed by atoms with Gasteiger partial charge in [0.15, 0.2) is 5.82 Å². The Morgan fingerprint density at radius 1 is 1.04 bits per heavy atom. The minimum absolute atomic E-state index is 0.485. The van der Waals surface area contributed by atoms with E-state index in [0.29, 0.717) is 25.0 Å². The smallest absolute Gasteiger partial charge is 0.211 e. The fourth-order valence-corrected chi connectivity index (χ4v) is 5.34. The van der Waals surface area contributed by atoms with Gasteiger partial charge in [-0.25, -0.2) is 22.7 Å². The maximum atomic E-state index is 11.7. The SMILES string of the molecule is Cn1ccnc1-c1nccnc1C[C@H]1CCN(C2CCN(S(C)(=O)=O)CC2)C1. The lowest BCUT2D eigenvalue weighted by molar-refractivity contribution is 0.163. The minimum Gasteiger partial charge on any atom is -0.333 e. The standard InChI is InChI=1S/C19H28N6O2S/c1-23-12-8-22-19(23)18-17(20-6-7-21-18)13-15-3-9-24(14-15)16-4-10-25(11-5-16)28(2,26)27/h6-8,12,15-16H,3-5,9-11,13-14H2,1-2H3/t15-/m1/s1. The number of rotatable bonds is 5. The van der Waals surface area contributed by atoms with Gasteiger partial charge < -0.3 is 4.57 Å². The van der Waals surface area contributed by atoms with Crippen molar-refractivity contribution < 1.29 is 8.42 Å². The molecule has 8 nitrogen and oxygen atoms in total. The van der Waals surface area contributed by atoms with Gasteiger partial charge >= 0.3 is 0 Å². The van der Waals surface area contributed by atoms with Crippen molar-refractivity contribution in [2.24, 2.45) is 13.0 Å². The molecule has 2 aromatic rings. The Balaban J connectivity index is 1.38. The summed E-state index contributed by atoms with van der Waals surface area (Å²) >= 11 is 0. The number of nitrogens with zero attached hydrogens (tertiary/aromatic N) is 6. The van der Waals surface area contributed by atoms with Crippen LogP contribution in [0.25, 0.3) is 11.5 Å². The summed E-state index contributed by atoms with van der Waals surface area (Å²) in [6, 6.07) is 0.485. The predicted octanol–water partition coefficient (Wildman–Crippen LogP) is 1.17. The molecule has 2 aromatic heterocycles. The molecule has 0 radical (unpaired) electrons. The highest BCUT2D eigenvalue weighted by atomic mass is 32.2. The molecule has 0 unspecified atom stereocenters.